The molecule has 0 unspecified atom stereocenters. The molecule has 0 spiro atoms. The minimum atomic E-state index is -0.112. The van der Waals surface area contributed by atoms with Crippen LogP contribution in [0.2, 0.25) is 0 Å². The van der Waals surface area contributed by atoms with Gasteiger partial charge in [-0.15, -0.1) is 0 Å². The zero-order valence-electron chi connectivity index (χ0n) is 23.8. The Balaban J connectivity index is 1.39. The van der Waals surface area contributed by atoms with Crippen LogP contribution in [0.5, 0.6) is 17.2 Å². The first kappa shape index (κ1) is 27.9. The Labute approximate surface area is 241 Å². The van der Waals surface area contributed by atoms with Crippen molar-refractivity contribution in [3.05, 3.63) is 106 Å². The molecular formula is C35H34N2O4. The third-order valence-corrected chi connectivity index (χ3v) is 7.57. The van der Waals surface area contributed by atoms with Crippen LogP contribution in [0, 0.1) is 25.2 Å². The second-order valence-corrected chi connectivity index (χ2v) is 10.4. The number of benzene rings is 3. The van der Waals surface area contributed by atoms with Crippen molar-refractivity contribution in [1.29, 1.82) is 5.26 Å². The molecule has 0 saturated heterocycles. The van der Waals surface area contributed by atoms with E-state index in [1.807, 2.05) is 13.0 Å². The van der Waals surface area contributed by atoms with Crippen molar-refractivity contribution in [2.45, 2.75) is 59.2 Å². The SMILES string of the molecule is CCCCOc1cccc(-c2cccc3c2CC[C@@H]3Oc2cc(OCc3cncc(C#N)c3)c(C=O)cc2C)c1C. The molecule has 5 rings (SSSR count). The molecule has 41 heavy (non-hydrogen) atoms. The first-order valence-corrected chi connectivity index (χ1v) is 14.1. The van der Waals surface area contributed by atoms with E-state index in [0.29, 0.717) is 22.6 Å². The molecule has 0 amide bonds. The molecule has 0 saturated carbocycles. The lowest BCUT2D eigenvalue weighted by atomic mass is 9.93. The highest BCUT2D eigenvalue weighted by Gasteiger charge is 2.28. The van der Waals surface area contributed by atoms with Gasteiger partial charge >= 0.3 is 0 Å². The fourth-order valence-electron chi connectivity index (χ4n) is 5.36. The van der Waals surface area contributed by atoms with Crippen molar-refractivity contribution in [1.82, 2.24) is 4.98 Å². The Morgan fingerprint density at radius 1 is 1.00 bits per heavy atom. The Kier molecular flexibility index (Phi) is 8.64. The third kappa shape index (κ3) is 6.10. The number of aryl methyl sites for hydroxylation is 1. The number of aldehydes is 1. The zero-order chi connectivity index (χ0) is 28.8. The molecule has 1 aliphatic rings. The molecule has 0 bridgehead atoms. The standard InChI is InChI=1S/C35H34N2O4/c1-4-5-14-39-32-11-7-8-28(24(32)3)29-9-6-10-31-30(29)12-13-33(31)41-34-17-35(27(21-38)15-23(34)2)40-22-26-16-25(18-36)19-37-20-26/h6-11,15-17,19-21,33H,4-5,12-14,22H2,1-3H3/t33-/m0/s1. The summed E-state index contributed by atoms with van der Waals surface area (Å²) in [7, 11) is 0. The van der Waals surface area contributed by atoms with Gasteiger partial charge in [-0.1, -0.05) is 43.7 Å². The van der Waals surface area contributed by atoms with Gasteiger partial charge in [0.1, 0.15) is 36.0 Å². The minimum absolute atomic E-state index is 0.112. The number of ether oxygens (including phenoxy) is 3. The van der Waals surface area contributed by atoms with E-state index < -0.39 is 0 Å². The fourth-order valence-corrected chi connectivity index (χ4v) is 5.36. The van der Waals surface area contributed by atoms with Gasteiger partial charge in [-0.05, 0) is 84.7 Å². The van der Waals surface area contributed by atoms with Gasteiger partial charge in [0.25, 0.3) is 0 Å². The number of nitriles is 1. The fraction of sp³-hybridized carbons (Fsp3) is 0.286. The van der Waals surface area contributed by atoms with E-state index in [-0.39, 0.29) is 12.7 Å². The average Bonchev–Trinajstić information content (AvgIpc) is 3.41. The van der Waals surface area contributed by atoms with Crippen molar-refractivity contribution >= 4 is 6.29 Å². The predicted octanol–water partition coefficient (Wildman–Crippen LogP) is 7.87. The first-order chi connectivity index (χ1) is 20.0. The number of nitrogens with zero attached hydrogens (tertiary/aromatic N) is 2. The molecule has 208 valence electrons. The van der Waals surface area contributed by atoms with Gasteiger partial charge in [0.15, 0.2) is 6.29 Å². The summed E-state index contributed by atoms with van der Waals surface area (Å²) in [5.41, 5.74) is 8.56. The van der Waals surface area contributed by atoms with E-state index in [1.54, 1.807) is 24.4 Å². The highest BCUT2D eigenvalue weighted by Crippen LogP contribution is 2.43. The summed E-state index contributed by atoms with van der Waals surface area (Å²) in [5.74, 6) is 2.05. The lowest BCUT2D eigenvalue weighted by Crippen LogP contribution is -2.06. The molecule has 0 aliphatic heterocycles. The van der Waals surface area contributed by atoms with Gasteiger partial charge in [0.05, 0.1) is 17.7 Å². The topological polar surface area (TPSA) is 81.4 Å². The Hall–Kier alpha value is -4.63. The minimum Gasteiger partial charge on any atom is -0.493 e. The summed E-state index contributed by atoms with van der Waals surface area (Å²) >= 11 is 0. The molecule has 0 radical (unpaired) electrons. The second-order valence-electron chi connectivity index (χ2n) is 10.4. The third-order valence-electron chi connectivity index (χ3n) is 7.57. The van der Waals surface area contributed by atoms with E-state index in [2.05, 4.69) is 55.2 Å². The number of rotatable bonds is 11. The van der Waals surface area contributed by atoms with Crippen LogP contribution in [0.4, 0.5) is 0 Å². The molecule has 1 heterocycles. The van der Waals surface area contributed by atoms with Crippen LogP contribution in [0.25, 0.3) is 11.1 Å². The van der Waals surface area contributed by atoms with Gasteiger partial charge < -0.3 is 14.2 Å². The number of carbonyl (C=O) groups excluding carboxylic acids is 1. The summed E-state index contributed by atoms with van der Waals surface area (Å²) in [6, 6.07) is 20.1. The van der Waals surface area contributed by atoms with E-state index in [1.165, 1.54) is 28.5 Å². The first-order valence-electron chi connectivity index (χ1n) is 14.1. The van der Waals surface area contributed by atoms with E-state index in [4.69, 9.17) is 19.5 Å². The highest BCUT2D eigenvalue weighted by atomic mass is 16.5. The van der Waals surface area contributed by atoms with E-state index >= 15 is 0 Å². The Bertz CT molecular complexity index is 1600. The van der Waals surface area contributed by atoms with Crippen molar-refractivity contribution in [3.63, 3.8) is 0 Å². The number of hydrogen-bond donors (Lipinski definition) is 0. The maximum Gasteiger partial charge on any atom is 0.153 e. The van der Waals surface area contributed by atoms with Crippen LogP contribution in [0.3, 0.4) is 0 Å². The van der Waals surface area contributed by atoms with Gasteiger partial charge in [0, 0.05) is 24.0 Å². The number of pyridine rings is 1. The molecule has 0 N–H and O–H groups in total. The van der Waals surface area contributed by atoms with Crippen LogP contribution < -0.4 is 14.2 Å². The number of fused-ring (bicyclic) bond motifs is 1. The predicted molar refractivity (Wildman–Crippen MR) is 159 cm³/mol. The number of carbonyl (C=O) groups is 1. The highest BCUT2D eigenvalue weighted by molar-refractivity contribution is 5.80. The molecule has 1 aromatic heterocycles. The summed E-state index contributed by atoms with van der Waals surface area (Å²) in [6.45, 7) is 7.14. The monoisotopic (exact) mass is 546 g/mol. The average molecular weight is 547 g/mol. The Morgan fingerprint density at radius 2 is 1.83 bits per heavy atom. The maximum absolute atomic E-state index is 11.8. The van der Waals surface area contributed by atoms with E-state index in [9.17, 15) is 4.79 Å². The van der Waals surface area contributed by atoms with Gasteiger partial charge in [0.2, 0.25) is 0 Å². The van der Waals surface area contributed by atoms with Crippen LogP contribution in [0.1, 0.15) is 76.0 Å². The normalized spacial score (nSPS) is 13.8. The van der Waals surface area contributed by atoms with E-state index in [0.717, 1.165) is 61.0 Å². The zero-order valence-corrected chi connectivity index (χ0v) is 23.8. The molecule has 4 aromatic rings. The van der Waals surface area contributed by atoms with Crippen molar-refractivity contribution in [2.75, 3.05) is 6.61 Å². The van der Waals surface area contributed by atoms with Crippen molar-refractivity contribution in [2.24, 2.45) is 0 Å². The van der Waals surface area contributed by atoms with Crippen LogP contribution in [-0.4, -0.2) is 17.9 Å². The van der Waals surface area contributed by atoms with Gasteiger partial charge in [-0.3, -0.25) is 9.78 Å². The van der Waals surface area contributed by atoms with Gasteiger partial charge in [-0.2, -0.15) is 5.26 Å². The van der Waals surface area contributed by atoms with Crippen molar-refractivity contribution in [3.8, 4) is 34.4 Å². The summed E-state index contributed by atoms with van der Waals surface area (Å²) in [4.78, 5) is 15.9. The van der Waals surface area contributed by atoms with Crippen molar-refractivity contribution < 1.29 is 19.0 Å². The largest absolute Gasteiger partial charge is 0.493 e. The molecule has 1 aliphatic carbocycles. The lowest BCUT2D eigenvalue weighted by Gasteiger charge is -2.20. The maximum atomic E-state index is 11.8. The summed E-state index contributed by atoms with van der Waals surface area (Å²) in [5, 5.41) is 9.15. The smallest absolute Gasteiger partial charge is 0.153 e. The van der Waals surface area contributed by atoms with Crippen LogP contribution in [0.15, 0.2) is 67.0 Å². The molecule has 3 aromatic carbocycles. The van der Waals surface area contributed by atoms with Gasteiger partial charge in [-0.25, -0.2) is 0 Å². The van der Waals surface area contributed by atoms with Crippen LogP contribution >= 0.6 is 0 Å². The lowest BCUT2D eigenvalue weighted by molar-refractivity contribution is 0.111. The molecule has 6 nitrogen and oxygen atoms in total. The molecule has 6 heteroatoms. The molecule has 1 atom stereocenters. The number of hydrogen-bond acceptors (Lipinski definition) is 6. The second kappa shape index (κ2) is 12.7. The molecular weight excluding hydrogens is 512 g/mol. The number of unbranched alkanes of at least 4 members (excludes halogenated alkanes) is 1. The molecule has 0 fully saturated rings. The Morgan fingerprint density at radius 3 is 2.63 bits per heavy atom. The summed E-state index contributed by atoms with van der Waals surface area (Å²) < 4.78 is 18.7. The van der Waals surface area contributed by atoms with Crippen LogP contribution in [-0.2, 0) is 13.0 Å². The number of aromatic nitrogens is 1. The quantitative estimate of drug-likeness (QED) is 0.141. The summed E-state index contributed by atoms with van der Waals surface area (Å²) in [6.07, 6.45) is 7.73.